The van der Waals surface area contributed by atoms with Crippen molar-refractivity contribution in [2.45, 2.75) is 33.2 Å². The van der Waals surface area contributed by atoms with Gasteiger partial charge in [0.1, 0.15) is 5.75 Å². The molecular formula is C14H20N2O2. The number of carbonyl (C=O) groups is 1. The molecule has 1 aliphatic heterocycles. The van der Waals surface area contributed by atoms with Crippen LogP contribution >= 0.6 is 0 Å². The van der Waals surface area contributed by atoms with Crippen molar-refractivity contribution >= 4 is 17.3 Å². The number of ether oxygens (including phenoxy) is 1. The summed E-state index contributed by atoms with van der Waals surface area (Å²) in [5.74, 6) is 0.830. The van der Waals surface area contributed by atoms with Gasteiger partial charge in [0, 0.05) is 18.5 Å². The first-order valence-electron chi connectivity index (χ1n) is 6.14. The van der Waals surface area contributed by atoms with Crippen molar-refractivity contribution in [3.8, 4) is 5.75 Å². The third-order valence-electron chi connectivity index (χ3n) is 3.27. The molecule has 2 N–H and O–H groups in total. The lowest BCUT2D eigenvalue weighted by atomic mass is 9.84. The smallest absolute Gasteiger partial charge is 0.226 e. The molecule has 1 aromatic carbocycles. The van der Waals surface area contributed by atoms with Crippen LogP contribution in [0.25, 0.3) is 0 Å². The highest BCUT2D eigenvalue weighted by Gasteiger charge is 2.30. The summed E-state index contributed by atoms with van der Waals surface area (Å²) in [6, 6.07) is 5.73. The van der Waals surface area contributed by atoms with E-state index >= 15 is 0 Å². The van der Waals surface area contributed by atoms with Gasteiger partial charge < -0.3 is 15.4 Å². The highest BCUT2D eigenvalue weighted by Crippen LogP contribution is 2.34. The first-order valence-corrected chi connectivity index (χ1v) is 6.14. The highest BCUT2D eigenvalue weighted by molar-refractivity contribution is 5.96. The summed E-state index contributed by atoms with van der Waals surface area (Å²) in [5.41, 5.74) is 1.75. The fourth-order valence-electron chi connectivity index (χ4n) is 2.03. The summed E-state index contributed by atoms with van der Waals surface area (Å²) in [6.45, 7) is 6.38. The van der Waals surface area contributed by atoms with Crippen LogP contribution in [0.1, 0.15) is 27.2 Å². The standard InChI is InChI=1S/C14H20N2O2/c1-14(2,3)12-8-13(17)16-10-6-5-9(18-4)7-11(10)15-12/h5-7,12,15H,8H2,1-4H3,(H,16,17). The Kier molecular flexibility index (Phi) is 3.20. The lowest BCUT2D eigenvalue weighted by Gasteiger charge is -2.30. The SMILES string of the molecule is COc1ccc2c(c1)NC(C(C)(C)C)CC(=O)N2. The molecule has 1 heterocycles. The lowest BCUT2D eigenvalue weighted by molar-refractivity contribution is -0.116. The van der Waals surface area contributed by atoms with Crippen LogP contribution < -0.4 is 15.4 Å². The summed E-state index contributed by atoms with van der Waals surface area (Å²) in [5, 5.41) is 6.36. The maximum absolute atomic E-state index is 11.9. The molecule has 18 heavy (non-hydrogen) atoms. The Bertz CT molecular complexity index is 463. The van der Waals surface area contributed by atoms with Crippen molar-refractivity contribution in [3.63, 3.8) is 0 Å². The molecule has 0 bridgehead atoms. The molecule has 4 nitrogen and oxygen atoms in total. The predicted molar refractivity (Wildman–Crippen MR) is 73.1 cm³/mol. The fraction of sp³-hybridized carbons (Fsp3) is 0.500. The zero-order valence-corrected chi connectivity index (χ0v) is 11.3. The number of rotatable bonds is 1. The van der Waals surface area contributed by atoms with E-state index in [1.165, 1.54) is 0 Å². The number of nitrogens with one attached hydrogen (secondary N) is 2. The zero-order valence-electron chi connectivity index (χ0n) is 11.3. The van der Waals surface area contributed by atoms with Gasteiger partial charge in [-0.3, -0.25) is 4.79 Å². The van der Waals surface area contributed by atoms with Crippen molar-refractivity contribution in [2.75, 3.05) is 17.7 Å². The van der Waals surface area contributed by atoms with Gasteiger partial charge in [-0.2, -0.15) is 0 Å². The Morgan fingerprint density at radius 1 is 1.28 bits per heavy atom. The number of benzene rings is 1. The molecule has 4 heteroatoms. The van der Waals surface area contributed by atoms with E-state index < -0.39 is 0 Å². The summed E-state index contributed by atoms with van der Waals surface area (Å²) in [7, 11) is 1.64. The monoisotopic (exact) mass is 248 g/mol. The van der Waals surface area contributed by atoms with Gasteiger partial charge in [0.2, 0.25) is 5.91 Å². The molecule has 1 aromatic rings. The minimum atomic E-state index is 0.0159. The Hall–Kier alpha value is -1.71. The molecule has 0 aliphatic carbocycles. The summed E-state index contributed by atoms with van der Waals surface area (Å²) in [4.78, 5) is 11.9. The molecule has 1 aliphatic rings. The van der Waals surface area contributed by atoms with Crippen molar-refractivity contribution in [3.05, 3.63) is 18.2 Å². The van der Waals surface area contributed by atoms with E-state index in [1.807, 2.05) is 18.2 Å². The second-order valence-electron chi connectivity index (χ2n) is 5.73. The minimum absolute atomic E-state index is 0.0159. The summed E-state index contributed by atoms with van der Waals surface area (Å²) < 4.78 is 5.22. The van der Waals surface area contributed by atoms with E-state index in [4.69, 9.17) is 4.74 Å². The second kappa shape index (κ2) is 4.52. The number of methoxy groups -OCH3 is 1. The molecule has 98 valence electrons. The van der Waals surface area contributed by atoms with Crippen LogP contribution in [0.4, 0.5) is 11.4 Å². The van der Waals surface area contributed by atoms with E-state index in [0.717, 1.165) is 17.1 Å². The minimum Gasteiger partial charge on any atom is -0.497 e. The fourth-order valence-corrected chi connectivity index (χ4v) is 2.03. The number of amides is 1. The maximum Gasteiger partial charge on any atom is 0.226 e. The van der Waals surface area contributed by atoms with Crippen molar-refractivity contribution in [2.24, 2.45) is 5.41 Å². The van der Waals surface area contributed by atoms with Gasteiger partial charge in [0.05, 0.1) is 18.5 Å². The van der Waals surface area contributed by atoms with E-state index in [2.05, 4.69) is 31.4 Å². The summed E-state index contributed by atoms with van der Waals surface area (Å²) in [6.07, 6.45) is 0.473. The van der Waals surface area contributed by atoms with Gasteiger partial charge in [0.25, 0.3) is 0 Å². The van der Waals surface area contributed by atoms with E-state index in [0.29, 0.717) is 6.42 Å². The molecule has 1 atom stereocenters. The van der Waals surface area contributed by atoms with Gasteiger partial charge in [-0.1, -0.05) is 20.8 Å². The third-order valence-corrected chi connectivity index (χ3v) is 3.27. The molecule has 0 aromatic heterocycles. The normalized spacial score (nSPS) is 19.3. The number of carbonyl (C=O) groups excluding carboxylic acids is 1. The van der Waals surface area contributed by atoms with Crippen LogP contribution in [0.15, 0.2) is 18.2 Å². The first-order chi connectivity index (χ1) is 8.40. The van der Waals surface area contributed by atoms with Crippen LogP contribution in [0.3, 0.4) is 0 Å². The molecule has 2 rings (SSSR count). The highest BCUT2D eigenvalue weighted by atomic mass is 16.5. The van der Waals surface area contributed by atoms with Crippen LogP contribution in [-0.4, -0.2) is 19.1 Å². The van der Waals surface area contributed by atoms with Crippen molar-refractivity contribution in [1.82, 2.24) is 0 Å². The number of anilines is 2. The van der Waals surface area contributed by atoms with Gasteiger partial charge in [-0.05, 0) is 17.5 Å². The molecule has 1 amide bonds. The second-order valence-corrected chi connectivity index (χ2v) is 5.73. The molecule has 0 saturated heterocycles. The first kappa shape index (κ1) is 12.7. The van der Waals surface area contributed by atoms with Crippen LogP contribution in [0, 0.1) is 5.41 Å². The molecular weight excluding hydrogens is 228 g/mol. The van der Waals surface area contributed by atoms with Crippen molar-refractivity contribution < 1.29 is 9.53 Å². The van der Waals surface area contributed by atoms with Crippen LogP contribution in [-0.2, 0) is 4.79 Å². The molecule has 0 radical (unpaired) electrons. The Labute approximate surface area is 108 Å². The largest absolute Gasteiger partial charge is 0.497 e. The van der Waals surface area contributed by atoms with E-state index in [1.54, 1.807) is 7.11 Å². The lowest BCUT2D eigenvalue weighted by Crippen LogP contribution is -2.35. The van der Waals surface area contributed by atoms with E-state index in [-0.39, 0.29) is 17.4 Å². The van der Waals surface area contributed by atoms with Crippen molar-refractivity contribution in [1.29, 1.82) is 0 Å². The molecule has 0 saturated carbocycles. The zero-order chi connectivity index (χ0) is 13.3. The number of hydrogen-bond donors (Lipinski definition) is 2. The third kappa shape index (κ3) is 2.58. The average Bonchev–Trinajstić information content (AvgIpc) is 2.45. The average molecular weight is 248 g/mol. The van der Waals surface area contributed by atoms with Crippen LogP contribution in [0.2, 0.25) is 0 Å². The van der Waals surface area contributed by atoms with Crippen LogP contribution in [0.5, 0.6) is 5.75 Å². The van der Waals surface area contributed by atoms with Gasteiger partial charge >= 0.3 is 0 Å². The molecule has 1 unspecified atom stereocenters. The summed E-state index contributed by atoms with van der Waals surface area (Å²) >= 11 is 0. The topological polar surface area (TPSA) is 50.4 Å². The van der Waals surface area contributed by atoms with E-state index in [9.17, 15) is 4.79 Å². The number of hydrogen-bond acceptors (Lipinski definition) is 3. The quantitative estimate of drug-likeness (QED) is 0.803. The molecule has 0 spiro atoms. The number of fused-ring (bicyclic) bond motifs is 1. The van der Waals surface area contributed by atoms with Gasteiger partial charge in [0.15, 0.2) is 0 Å². The predicted octanol–water partition coefficient (Wildman–Crippen LogP) is 2.86. The molecule has 0 fully saturated rings. The maximum atomic E-state index is 11.9. The Balaban J connectivity index is 2.38. The van der Waals surface area contributed by atoms with Gasteiger partial charge in [-0.15, -0.1) is 0 Å². The van der Waals surface area contributed by atoms with Gasteiger partial charge in [-0.25, -0.2) is 0 Å². The Morgan fingerprint density at radius 3 is 2.61 bits per heavy atom. The Morgan fingerprint density at radius 2 is 2.00 bits per heavy atom.